The summed E-state index contributed by atoms with van der Waals surface area (Å²) in [5.74, 6) is -0.229. The molecule has 4 aromatic carbocycles. The van der Waals surface area contributed by atoms with Crippen molar-refractivity contribution in [3.05, 3.63) is 125 Å². The number of aromatic carboxylic acids is 1. The number of hydrogen-bond donors (Lipinski definition) is 3. The monoisotopic (exact) mass is 999 g/mol. The van der Waals surface area contributed by atoms with Gasteiger partial charge in [-0.25, -0.2) is 14.8 Å². The summed E-state index contributed by atoms with van der Waals surface area (Å²) >= 11 is 1.44. The van der Waals surface area contributed by atoms with Gasteiger partial charge in [-0.05, 0) is 155 Å². The number of aryl methyl sites for hydroxylation is 1. The van der Waals surface area contributed by atoms with E-state index in [-0.39, 0.29) is 29.5 Å². The van der Waals surface area contributed by atoms with E-state index in [9.17, 15) is 24.3 Å². The number of thiazole rings is 1. The van der Waals surface area contributed by atoms with Crippen LogP contribution in [0.4, 0.5) is 16.6 Å². The first kappa shape index (κ1) is 48.1. The number of imide groups is 1. The molecule has 0 radical (unpaired) electrons. The number of pyridine rings is 1. The maximum atomic E-state index is 13.7. The van der Waals surface area contributed by atoms with Crippen LogP contribution in [-0.4, -0.2) is 98.3 Å². The summed E-state index contributed by atoms with van der Waals surface area (Å²) in [6, 6.07) is 30.0. The number of carbonyl (C=O) groups is 4. The molecule has 6 heterocycles. The molecule has 3 amide bonds. The van der Waals surface area contributed by atoms with Crippen molar-refractivity contribution in [2.45, 2.75) is 96.2 Å². The Morgan fingerprint density at radius 3 is 2.53 bits per heavy atom. The number of benzene rings is 4. The maximum absolute atomic E-state index is 13.7. The largest absolute Gasteiger partial charge is 0.490 e. The predicted octanol–water partition coefficient (Wildman–Crippen LogP) is 9.52. The van der Waals surface area contributed by atoms with Gasteiger partial charge in [0.15, 0.2) is 10.8 Å². The van der Waals surface area contributed by atoms with Gasteiger partial charge in [0.05, 0.1) is 33.4 Å². The highest BCUT2D eigenvalue weighted by atomic mass is 32.1. The van der Waals surface area contributed by atoms with Crippen molar-refractivity contribution in [2.75, 3.05) is 47.8 Å². The smallest absolute Gasteiger partial charge is 0.355 e. The maximum Gasteiger partial charge on any atom is 0.355 e. The molecule has 15 nitrogen and oxygen atoms in total. The highest BCUT2D eigenvalue weighted by molar-refractivity contribution is 7.22. The molecule has 0 bridgehead atoms. The van der Waals surface area contributed by atoms with Gasteiger partial charge in [0.2, 0.25) is 11.8 Å². The molecule has 1 saturated carbocycles. The van der Waals surface area contributed by atoms with Crippen LogP contribution < -0.4 is 25.2 Å². The summed E-state index contributed by atoms with van der Waals surface area (Å²) in [6.45, 7) is 9.38. The number of piperazine rings is 1. The molecule has 2 saturated heterocycles. The van der Waals surface area contributed by atoms with Crippen LogP contribution in [0, 0.1) is 12.8 Å². The van der Waals surface area contributed by atoms with Crippen LogP contribution in [0.25, 0.3) is 32.2 Å². The molecule has 0 spiro atoms. The first-order chi connectivity index (χ1) is 35.4. The normalized spacial score (nSPS) is 20.5. The number of nitrogens with one attached hydrogen (secondary N) is 2. The van der Waals surface area contributed by atoms with Crippen molar-refractivity contribution in [1.82, 2.24) is 30.0 Å². The third-order valence-corrected chi connectivity index (χ3v) is 16.6. The number of rotatable bonds is 13. The number of carboxylic acids is 1. The number of anilines is 3. The standard InChI is InChI=1S/C57H61N9O6S/c1-34-32-64(29-30-66(34)38-18-21-43-47(31-38)63(3)62-52(43)44-23-25-51(67)60-55(44)69)27-8-9-36-16-19-39(20-17-36)72-48-14-7-11-40(35(48)2)41-22-24-50(59-53(41)56(70)71)65-28-26-37-10-6-12-42(45(37)33-65)54(68)61-57-58-46-13-4-5-15-49(46)73-57/h4-7,10-15,18,21-22,24,31,34,36,39,44H,8-9,16-17,19-20,23,25-30,32-33H2,1-3H3,(H,70,71)(H,58,61,68)(H,60,67,69)/t34-,36?,39?,44?/m0/s1. The Kier molecular flexibility index (Phi) is 13.4. The fraction of sp³-hybridized carbons (Fsp3) is 0.386. The van der Waals surface area contributed by atoms with E-state index in [0.717, 1.165) is 112 Å². The first-order valence-corrected chi connectivity index (χ1v) is 26.6. The number of amides is 3. The van der Waals surface area contributed by atoms with Gasteiger partial charge < -0.3 is 19.6 Å². The molecule has 1 aliphatic carbocycles. The minimum atomic E-state index is -1.10. The van der Waals surface area contributed by atoms with E-state index in [0.29, 0.717) is 66.4 Å². The van der Waals surface area contributed by atoms with Crippen LogP contribution in [0.15, 0.2) is 91.0 Å². The number of para-hydroxylation sites is 1. The Morgan fingerprint density at radius 1 is 0.890 bits per heavy atom. The quantitative estimate of drug-likeness (QED) is 0.0935. The van der Waals surface area contributed by atoms with E-state index in [1.54, 1.807) is 0 Å². The lowest BCUT2D eigenvalue weighted by Gasteiger charge is -2.41. The van der Waals surface area contributed by atoms with Gasteiger partial charge >= 0.3 is 5.97 Å². The van der Waals surface area contributed by atoms with Gasteiger partial charge in [-0.3, -0.25) is 34.6 Å². The van der Waals surface area contributed by atoms with E-state index in [1.165, 1.54) is 24.2 Å². The third-order valence-electron chi connectivity index (χ3n) is 15.7. The lowest BCUT2D eigenvalue weighted by atomic mass is 9.84. The summed E-state index contributed by atoms with van der Waals surface area (Å²) in [4.78, 5) is 67.5. The number of carbonyl (C=O) groups excluding carboxylic acids is 3. The molecule has 11 rings (SSSR count). The van der Waals surface area contributed by atoms with Gasteiger partial charge in [0.25, 0.3) is 5.91 Å². The number of piperidine rings is 1. The minimum absolute atomic E-state index is 0.0200. The average Bonchev–Trinajstić information content (AvgIpc) is 3.96. The fourth-order valence-corrected chi connectivity index (χ4v) is 12.6. The van der Waals surface area contributed by atoms with Crippen molar-refractivity contribution >= 4 is 72.8 Å². The Hall–Kier alpha value is -7.17. The minimum Gasteiger partial charge on any atom is -0.490 e. The van der Waals surface area contributed by atoms with Crippen molar-refractivity contribution in [2.24, 2.45) is 13.0 Å². The Labute approximate surface area is 428 Å². The number of ether oxygens (including phenoxy) is 1. The van der Waals surface area contributed by atoms with Gasteiger partial charge in [-0.2, -0.15) is 5.10 Å². The van der Waals surface area contributed by atoms with Gasteiger partial charge in [0, 0.05) is 74.4 Å². The Bertz CT molecular complexity index is 3240. The van der Waals surface area contributed by atoms with Crippen LogP contribution in [0.3, 0.4) is 0 Å². The van der Waals surface area contributed by atoms with E-state index in [1.807, 2.05) is 96.3 Å². The van der Waals surface area contributed by atoms with Crippen LogP contribution in [0.2, 0.25) is 0 Å². The van der Waals surface area contributed by atoms with Crippen molar-refractivity contribution in [3.8, 4) is 16.9 Å². The first-order valence-electron chi connectivity index (χ1n) is 25.8. The molecule has 2 atom stereocenters. The molecule has 16 heteroatoms. The van der Waals surface area contributed by atoms with Crippen molar-refractivity contribution < 1.29 is 29.0 Å². The summed E-state index contributed by atoms with van der Waals surface area (Å²) in [5.41, 5.74) is 8.49. The highest BCUT2D eigenvalue weighted by Gasteiger charge is 2.33. The fourth-order valence-electron chi connectivity index (χ4n) is 11.7. The molecule has 7 aromatic rings. The van der Waals surface area contributed by atoms with Crippen LogP contribution in [0.5, 0.6) is 5.75 Å². The molecule has 3 aliphatic heterocycles. The molecule has 4 aliphatic rings. The molecule has 3 N–H and O–H groups in total. The van der Waals surface area contributed by atoms with Crippen LogP contribution >= 0.6 is 11.3 Å². The zero-order valence-electron chi connectivity index (χ0n) is 41.6. The molecule has 3 aromatic heterocycles. The Balaban J connectivity index is 0.670. The molecule has 376 valence electrons. The highest BCUT2D eigenvalue weighted by Crippen LogP contribution is 2.38. The SMILES string of the molecule is Cc1c(OC2CCC(CCCN3CCN(c4ccc5c(C6CCC(=O)NC6=O)nn(C)c5c4)[C@@H](C)C3)CC2)cccc1-c1ccc(N2CCc3cccc(C(=O)Nc4nc5ccccc5s4)c3C2)nc1C(=O)O. The molecule has 1 unspecified atom stereocenters. The zero-order chi connectivity index (χ0) is 50.3. The molecular formula is C57H61N9O6S. The second-order valence-corrected chi connectivity index (χ2v) is 21.3. The second-order valence-electron chi connectivity index (χ2n) is 20.3. The number of aromatic nitrogens is 4. The molecule has 73 heavy (non-hydrogen) atoms. The van der Waals surface area contributed by atoms with Crippen molar-refractivity contribution in [1.29, 1.82) is 0 Å². The number of fused-ring (bicyclic) bond motifs is 3. The van der Waals surface area contributed by atoms with Gasteiger partial charge in [-0.1, -0.05) is 47.7 Å². The second kappa shape index (κ2) is 20.4. The molecular weight excluding hydrogens is 939 g/mol. The van der Waals surface area contributed by atoms with Crippen LogP contribution in [0.1, 0.15) is 107 Å². The van der Waals surface area contributed by atoms with Crippen LogP contribution in [-0.2, 0) is 29.6 Å². The van der Waals surface area contributed by atoms with Gasteiger partial charge in [0.1, 0.15) is 11.6 Å². The lowest BCUT2D eigenvalue weighted by Crippen LogP contribution is -2.52. The van der Waals surface area contributed by atoms with E-state index < -0.39 is 11.9 Å². The Morgan fingerprint density at radius 2 is 1.73 bits per heavy atom. The summed E-state index contributed by atoms with van der Waals surface area (Å²) < 4.78 is 9.56. The summed E-state index contributed by atoms with van der Waals surface area (Å²) in [5, 5.41) is 22.3. The zero-order valence-corrected chi connectivity index (χ0v) is 42.4. The van der Waals surface area contributed by atoms with Gasteiger partial charge in [-0.15, -0.1) is 0 Å². The predicted molar refractivity (Wildman–Crippen MR) is 285 cm³/mol. The lowest BCUT2D eigenvalue weighted by molar-refractivity contribution is -0.134. The van der Waals surface area contributed by atoms with E-state index >= 15 is 0 Å². The third kappa shape index (κ3) is 9.89. The van der Waals surface area contributed by atoms with E-state index in [4.69, 9.17) is 14.8 Å². The summed E-state index contributed by atoms with van der Waals surface area (Å²) in [6.07, 6.45) is 8.20. The number of carboxylic acid groups (broad SMARTS) is 1. The van der Waals surface area contributed by atoms with Crippen molar-refractivity contribution in [3.63, 3.8) is 0 Å². The summed E-state index contributed by atoms with van der Waals surface area (Å²) in [7, 11) is 1.92. The topological polar surface area (TPSA) is 175 Å². The number of hydrogen-bond acceptors (Lipinski definition) is 12. The molecule has 3 fully saturated rings. The number of nitrogens with zero attached hydrogens (tertiary/aromatic N) is 7. The average molecular weight is 1000 g/mol. The van der Waals surface area contributed by atoms with E-state index in [2.05, 4.69) is 50.5 Å².